The largest absolute Gasteiger partial charge is 0.481 e. The number of thiol groups is 1. The molecule has 11 heteroatoms. The number of carbonyl (C=O) groups is 4. The van der Waals surface area contributed by atoms with Gasteiger partial charge in [0.2, 0.25) is 11.8 Å². The summed E-state index contributed by atoms with van der Waals surface area (Å²) in [5, 5.41) is 25.2. The van der Waals surface area contributed by atoms with Gasteiger partial charge in [0.25, 0.3) is 0 Å². The van der Waals surface area contributed by atoms with E-state index in [1.807, 2.05) is 41.5 Å². The molecular weight excluding hydrogens is 580 g/mol. The van der Waals surface area contributed by atoms with Gasteiger partial charge in [0.1, 0.15) is 0 Å². The van der Waals surface area contributed by atoms with Crippen LogP contribution >= 0.6 is 12.6 Å². The Labute approximate surface area is 264 Å². The first-order chi connectivity index (χ1) is 20.7. The van der Waals surface area contributed by atoms with Crippen molar-refractivity contribution in [2.45, 2.75) is 110 Å². The van der Waals surface area contributed by atoms with Gasteiger partial charge in [-0.25, -0.2) is 0 Å². The average Bonchev–Trinajstić information content (AvgIpc) is 3.59. The highest BCUT2D eigenvalue weighted by atomic mass is 32.1. The monoisotopic (exact) mass is 626 g/mol. The van der Waals surface area contributed by atoms with E-state index in [1.165, 1.54) is 0 Å². The molecule has 0 aromatic carbocycles. The molecule has 6 N–H and O–H groups in total. The topological polar surface area (TPSA) is 164 Å². The quantitative estimate of drug-likeness (QED) is 0.157. The van der Waals surface area contributed by atoms with Crippen molar-refractivity contribution in [3.8, 4) is 0 Å². The normalized spacial score (nSPS) is 22.4. The number of carboxylic acid groups (broad SMARTS) is 2. The van der Waals surface area contributed by atoms with Crippen molar-refractivity contribution in [1.82, 2.24) is 20.6 Å². The van der Waals surface area contributed by atoms with Gasteiger partial charge in [-0.3, -0.25) is 19.2 Å². The highest BCUT2D eigenvalue weighted by molar-refractivity contribution is 7.80. The zero-order valence-electron chi connectivity index (χ0n) is 26.5. The molecule has 2 aromatic rings. The smallest absolute Gasteiger partial charge is 0.303 e. The maximum atomic E-state index is 12.6. The summed E-state index contributed by atoms with van der Waals surface area (Å²) in [6.45, 7) is 11.9. The molecule has 1 fully saturated rings. The number of nitrogens with one attached hydrogen (secondary N) is 4. The Morgan fingerprint density at radius 2 is 1.39 bits per heavy atom. The minimum atomic E-state index is -0.882. The van der Waals surface area contributed by atoms with E-state index in [0.29, 0.717) is 38.5 Å². The number of aliphatic carboxylic acids is 2. The maximum Gasteiger partial charge on any atom is 0.303 e. The van der Waals surface area contributed by atoms with Gasteiger partial charge in [0.05, 0.1) is 6.04 Å². The van der Waals surface area contributed by atoms with Gasteiger partial charge in [0, 0.05) is 83.6 Å². The summed E-state index contributed by atoms with van der Waals surface area (Å²) in [6, 6.07) is -0.231. The summed E-state index contributed by atoms with van der Waals surface area (Å²) < 4.78 is 0. The number of hydrogen-bond donors (Lipinski definition) is 7. The second kappa shape index (κ2) is 13.7. The minimum Gasteiger partial charge on any atom is -0.481 e. The number of hydrogen-bond acceptors (Lipinski definition) is 5. The molecule has 10 nitrogen and oxygen atoms in total. The van der Waals surface area contributed by atoms with E-state index in [4.69, 9.17) is 0 Å². The van der Waals surface area contributed by atoms with Gasteiger partial charge >= 0.3 is 11.9 Å². The zero-order chi connectivity index (χ0) is 32.5. The molecule has 0 radical (unpaired) electrons. The van der Waals surface area contributed by atoms with Crippen LogP contribution in [0.5, 0.6) is 0 Å². The lowest BCUT2D eigenvalue weighted by atomic mass is 9.86. The molecule has 1 saturated heterocycles. The fourth-order valence-electron chi connectivity index (χ4n) is 7.23. The first kappa shape index (κ1) is 33.4. The summed E-state index contributed by atoms with van der Waals surface area (Å²) in [4.78, 5) is 55.3. The molecule has 2 aliphatic heterocycles. The predicted molar refractivity (Wildman–Crippen MR) is 171 cm³/mol. The van der Waals surface area contributed by atoms with Gasteiger partial charge in [-0.1, -0.05) is 20.8 Å². The van der Waals surface area contributed by atoms with E-state index < -0.39 is 11.9 Å². The van der Waals surface area contributed by atoms with E-state index in [-0.39, 0.29) is 53.8 Å². The predicted octanol–water partition coefficient (Wildman–Crippen LogP) is 3.96. The first-order valence-electron chi connectivity index (χ1n) is 15.5. The van der Waals surface area contributed by atoms with Crippen LogP contribution < -0.4 is 10.6 Å². The van der Waals surface area contributed by atoms with Gasteiger partial charge in [-0.15, -0.1) is 0 Å². The molecule has 44 heavy (non-hydrogen) atoms. The van der Waals surface area contributed by atoms with Crippen LogP contribution in [0, 0.1) is 25.7 Å². The van der Waals surface area contributed by atoms with Gasteiger partial charge in [-0.2, -0.15) is 12.6 Å². The molecule has 4 rings (SSSR count). The van der Waals surface area contributed by atoms with E-state index in [1.54, 1.807) is 0 Å². The molecule has 3 unspecified atom stereocenters. The lowest BCUT2D eigenvalue weighted by Crippen LogP contribution is -2.34. The van der Waals surface area contributed by atoms with Crippen molar-refractivity contribution < 1.29 is 29.4 Å². The van der Waals surface area contributed by atoms with Crippen LogP contribution in [0.4, 0.5) is 0 Å². The summed E-state index contributed by atoms with van der Waals surface area (Å²) in [5.41, 5.74) is 9.35. The van der Waals surface area contributed by atoms with Gasteiger partial charge < -0.3 is 30.8 Å². The molecule has 2 aromatic heterocycles. The van der Waals surface area contributed by atoms with Crippen molar-refractivity contribution in [3.05, 3.63) is 56.2 Å². The van der Waals surface area contributed by atoms with Crippen molar-refractivity contribution >= 4 is 36.4 Å². The van der Waals surface area contributed by atoms with Gasteiger partial charge in [-0.05, 0) is 67.9 Å². The summed E-state index contributed by atoms with van der Waals surface area (Å²) in [5.74, 6) is -1.88. The second-order valence-electron chi connectivity index (χ2n) is 12.5. The number of aromatic amines is 2. The van der Waals surface area contributed by atoms with Crippen molar-refractivity contribution in [2.24, 2.45) is 11.8 Å². The van der Waals surface area contributed by atoms with Crippen molar-refractivity contribution in [2.75, 3.05) is 0 Å². The van der Waals surface area contributed by atoms with Crippen LogP contribution in [0.1, 0.15) is 92.0 Å². The van der Waals surface area contributed by atoms with E-state index in [9.17, 15) is 29.4 Å². The molecule has 5 atom stereocenters. The molecule has 2 aliphatic rings. The Balaban J connectivity index is 1.70. The minimum absolute atomic E-state index is 0.0171. The van der Waals surface area contributed by atoms with Crippen molar-refractivity contribution in [3.63, 3.8) is 0 Å². The maximum absolute atomic E-state index is 12.6. The van der Waals surface area contributed by atoms with Crippen LogP contribution in [-0.2, 0) is 51.3 Å². The fraction of sp³-hybridized carbons (Fsp3) is 0.576. The van der Waals surface area contributed by atoms with Crippen molar-refractivity contribution in [1.29, 1.82) is 0 Å². The molecule has 240 valence electrons. The second-order valence-corrected chi connectivity index (χ2v) is 13.3. The molecular formula is C33H46N4O6S. The number of carbonyl (C=O) groups excluding carboxylic acids is 2. The third-order valence-corrected chi connectivity index (χ3v) is 10.1. The Hall–Kier alpha value is -3.47. The molecule has 0 saturated carbocycles. The first-order valence-corrected chi connectivity index (χ1v) is 16.1. The third-order valence-electron chi connectivity index (χ3n) is 9.78. The Kier molecular flexibility index (Phi) is 10.4. The molecule has 0 spiro atoms. The van der Waals surface area contributed by atoms with Crippen LogP contribution in [0.25, 0.3) is 0 Å². The van der Waals surface area contributed by atoms with Gasteiger partial charge in [0.15, 0.2) is 0 Å². The lowest BCUT2D eigenvalue weighted by molar-refractivity contribution is -0.138. The molecule has 2 amide bonds. The third kappa shape index (κ3) is 6.92. The van der Waals surface area contributed by atoms with Crippen LogP contribution in [0.15, 0.2) is 11.1 Å². The standard InChI is InChI=1S/C33H46N4O6S/c1-7-20-15(2)25(36-33(20)43)12-23-16(3)21(8-10-29(38)39)26(34-23)14-27-22(9-11-30(40)41)17(4)24(35-27)13-28-31(19(6)44)18(5)32(42)37-28/h18-19,25,28,31,34-35,44H,7-14H2,1-6H3,(H,36,43)(H,37,42)(H,38,39)(H,40,41)/t18?,19-,25?,28?,31-/m0/s1. The summed E-state index contributed by atoms with van der Waals surface area (Å²) in [6.07, 6.45) is 2.91. The van der Waals surface area contributed by atoms with Crippen LogP contribution in [0.2, 0.25) is 0 Å². The highest BCUT2D eigenvalue weighted by Gasteiger charge is 2.41. The van der Waals surface area contributed by atoms with Crippen LogP contribution in [0.3, 0.4) is 0 Å². The highest BCUT2D eigenvalue weighted by Crippen LogP contribution is 2.34. The number of H-pyrrole nitrogens is 2. The molecule has 0 aliphatic carbocycles. The van der Waals surface area contributed by atoms with E-state index in [2.05, 4.69) is 33.2 Å². The SMILES string of the molecule is CCC1=C(C)C(Cc2[nH]c(Cc3[nH]c(CC4NC(=O)C(C)[C@H]4[C@H](C)S)c(C)c3CCC(=O)O)c(CCC(=O)O)c2C)NC1=O. The molecule has 0 bridgehead atoms. The average molecular weight is 627 g/mol. The Bertz CT molecular complexity index is 1490. The number of amides is 2. The number of carboxylic acids is 2. The van der Waals surface area contributed by atoms with E-state index >= 15 is 0 Å². The summed E-state index contributed by atoms with van der Waals surface area (Å²) >= 11 is 4.67. The fourth-order valence-corrected chi connectivity index (χ4v) is 7.70. The number of aromatic nitrogens is 2. The number of rotatable bonds is 14. The van der Waals surface area contributed by atoms with E-state index in [0.717, 1.165) is 56.2 Å². The summed E-state index contributed by atoms with van der Waals surface area (Å²) in [7, 11) is 0. The lowest BCUT2D eigenvalue weighted by Gasteiger charge is -2.24. The Morgan fingerprint density at radius 1 is 0.864 bits per heavy atom. The Morgan fingerprint density at radius 3 is 1.84 bits per heavy atom. The van der Waals surface area contributed by atoms with Crippen LogP contribution in [-0.4, -0.2) is 61.3 Å². The molecule has 4 heterocycles. The zero-order valence-corrected chi connectivity index (χ0v) is 27.4.